The van der Waals surface area contributed by atoms with E-state index in [4.69, 9.17) is 11.6 Å². The van der Waals surface area contributed by atoms with E-state index in [1.807, 2.05) is 13.8 Å². The minimum absolute atomic E-state index is 0.260. The molecule has 2 aliphatic carbocycles. The molecule has 2 heteroatoms. The molecule has 0 saturated carbocycles. The van der Waals surface area contributed by atoms with Gasteiger partial charge in [-0.15, -0.1) is 11.6 Å². The fraction of sp³-hybridized carbons (Fsp3) is 0.412. The molecular formula is C17H19ClO. The Labute approximate surface area is 119 Å². The van der Waals surface area contributed by atoms with Crippen molar-refractivity contribution in [3.05, 3.63) is 46.0 Å². The largest absolute Gasteiger partial charge is 0.507 e. The zero-order valence-electron chi connectivity index (χ0n) is 11.5. The molecule has 1 aromatic rings. The third-order valence-electron chi connectivity index (χ3n) is 4.33. The fourth-order valence-electron chi connectivity index (χ4n) is 3.22. The van der Waals surface area contributed by atoms with Crippen LogP contribution in [-0.4, -0.2) is 10.5 Å². The first-order valence-electron chi connectivity index (χ1n) is 6.93. The Morgan fingerprint density at radius 2 is 1.79 bits per heavy atom. The first-order chi connectivity index (χ1) is 9.06. The maximum atomic E-state index is 9.87. The average molecular weight is 275 g/mol. The molecule has 0 radical (unpaired) electrons. The lowest BCUT2D eigenvalue weighted by Crippen LogP contribution is -2.02. The number of aromatic hydroxyl groups is 1. The minimum atomic E-state index is 0.260. The Balaban J connectivity index is 2.00. The van der Waals surface area contributed by atoms with Crippen molar-refractivity contribution < 1.29 is 5.11 Å². The highest BCUT2D eigenvalue weighted by molar-refractivity contribution is 6.22. The van der Waals surface area contributed by atoms with Crippen LogP contribution in [0.15, 0.2) is 29.4 Å². The van der Waals surface area contributed by atoms with Gasteiger partial charge in [0, 0.05) is 0 Å². The molecule has 0 bridgehead atoms. The summed E-state index contributed by atoms with van der Waals surface area (Å²) in [6, 6.07) is 4.18. The second kappa shape index (κ2) is 4.72. The molecule has 1 nitrogen and oxygen atoms in total. The van der Waals surface area contributed by atoms with Crippen LogP contribution in [0.1, 0.15) is 42.4 Å². The number of phenolic OH excluding ortho intramolecular Hbond substituents is 1. The Bertz CT molecular complexity index is 572. The minimum Gasteiger partial charge on any atom is -0.507 e. The van der Waals surface area contributed by atoms with Crippen LogP contribution >= 0.6 is 11.6 Å². The highest BCUT2D eigenvalue weighted by Gasteiger charge is 2.25. The Hall–Kier alpha value is -1.21. The molecule has 19 heavy (non-hydrogen) atoms. The molecule has 0 aromatic heterocycles. The summed E-state index contributed by atoms with van der Waals surface area (Å²) in [5.41, 5.74) is 7.45. The van der Waals surface area contributed by atoms with Gasteiger partial charge in [-0.1, -0.05) is 6.08 Å². The number of alkyl halides is 1. The summed E-state index contributed by atoms with van der Waals surface area (Å²) < 4.78 is 0. The monoisotopic (exact) mass is 274 g/mol. The maximum Gasteiger partial charge on any atom is 0.121 e. The van der Waals surface area contributed by atoms with Gasteiger partial charge in [0.05, 0.1) is 5.38 Å². The van der Waals surface area contributed by atoms with Gasteiger partial charge in [-0.3, -0.25) is 0 Å². The molecule has 100 valence electrons. The summed E-state index contributed by atoms with van der Waals surface area (Å²) in [4.78, 5) is 0. The van der Waals surface area contributed by atoms with Crippen molar-refractivity contribution in [1.82, 2.24) is 0 Å². The normalized spacial score (nSPS) is 22.5. The molecule has 0 fully saturated rings. The molecule has 1 unspecified atom stereocenters. The number of aryl methyl sites for hydroxylation is 2. The topological polar surface area (TPSA) is 20.2 Å². The lowest BCUT2D eigenvalue weighted by atomic mass is 9.88. The SMILES string of the molecule is Cc1cc(C2=CC3=C(CC2)C(Cl)CC3)cc(C)c1O. The first-order valence-corrected chi connectivity index (χ1v) is 7.37. The highest BCUT2D eigenvalue weighted by Crippen LogP contribution is 2.41. The van der Waals surface area contributed by atoms with Crippen molar-refractivity contribution in [2.45, 2.75) is 44.9 Å². The number of phenols is 1. The summed E-state index contributed by atoms with van der Waals surface area (Å²) in [7, 11) is 0. The van der Waals surface area contributed by atoms with E-state index in [0.717, 1.165) is 36.8 Å². The molecule has 1 aromatic carbocycles. The molecule has 3 rings (SSSR count). The molecule has 0 saturated heterocycles. The van der Waals surface area contributed by atoms with Crippen molar-refractivity contribution in [2.75, 3.05) is 0 Å². The van der Waals surface area contributed by atoms with Crippen molar-refractivity contribution in [2.24, 2.45) is 0 Å². The number of rotatable bonds is 1. The maximum absolute atomic E-state index is 9.87. The van der Waals surface area contributed by atoms with Crippen LogP contribution in [0.25, 0.3) is 5.57 Å². The van der Waals surface area contributed by atoms with Crippen LogP contribution in [0.3, 0.4) is 0 Å². The smallest absolute Gasteiger partial charge is 0.121 e. The van der Waals surface area contributed by atoms with Crippen LogP contribution in [0, 0.1) is 13.8 Å². The van der Waals surface area contributed by atoms with E-state index in [-0.39, 0.29) is 5.38 Å². The number of allylic oxidation sites excluding steroid dienone is 4. The van der Waals surface area contributed by atoms with E-state index in [0.29, 0.717) is 5.75 Å². The molecule has 0 aliphatic heterocycles. The molecule has 1 N–H and O–H groups in total. The van der Waals surface area contributed by atoms with Crippen molar-refractivity contribution in [3.8, 4) is 5.75 Å². The zero-order valence-corrected chi connectivity index (χ0v) is 12.2. The van der Waals surface area contributed by atoms with E-state index < -0.39 is 0 Å². The Kier molecular flexibility index (Phi) is 3.18. The van der Waals surface area contributed by atoms with Gasteiger partial charge in [0.2, 0.25) is 0 Å². The lowest BCUT2D eigenvalue weighted by Gasteiger charge is -2.18. The van der Waals surface area contributed by atoms with Gasteiger partial charge in [0.1, 0.15) is 5.75 Å². The second-order valence-corrected chi connectivity index (χ2v) is 6.21. The molecule has 2 aliphatic rings. The van der Waals surface area contributed by atoms with Crippen LogP contribution in [0.4, 0.5) is 0 Å². The summed E-state index contributed by atoms with van der Waals surface area (Å²) in [5, 5.41) is 10.1. The van der Waals surface area contributed by atoms with Crippen LogP contribution in [0.2, 0.25) is 0 Å². The van der Waals surface area contributed by atoms with Crippen molar-refractivity contribution >= 4 is 17.2 Å². The highest BCUT2D eigenvalue weighted by atomic mass is 35.5. The summed E-state index contributed by atoms with van der Waals surface area (Å²) in [6.07, 6.45) is 6.68. The van der Waals surface area contributed by atoms with Gasteiger partial charge in [-0.25, -0.2) is 0 Å². The van der Waals surface area contributed by atoms with Crippen molar-refractivity contribution in [1.29, 1.82) is 0 Å². The third kappa shape index (κ3) is 2.21. The van der Waals surface area contributed by atoms with Crippen LogP contribution in [0.5, 0.6) is 5.75 Å². The third-order valence-corrected chi connectivity index (χ3v) is 4.81. The summed E-state index contributed by atoms with van der Waals surface area (Å²) >= 11 is 6.33. The summed E-state index contributed by atoms with van der Waals surface area (Å²) in [5.74, 6) is 0.418. The van der Waals surface area contributed by atoms with Crippen LogP contribution in [-0.2, 0) is 0 Å². The molecule has 1 atom stereocenters. The van der Waals surface area contributed by atoms with E-state index in [9.17, 15) is 5.11 Å². The number of hydrogen-bond acceptors (Lipinski definition) is 1. The molecule has 0 spiro atoms. The summed E-state index contributed by atoms with van der Waals surface area (Å²) in [6.45, 7) is 3.93. The molecular weight excluding hydrogens is 256 g/mol. The van der Waals surface area contributed by atoms with Crippen LogP contribution < -0.4 is 0 Å². The van der Waals surface area contributed by atoms with E-state index >= 15 is 0 Å². The van der Waals surface area contributed by atoms with Gasteiger partial charge in [0.25, 0.3) is 0 Å². The lowest BCUT2D eigenvalue weighted by molar-refractivity contribution is 0.467. The number of halogens is 1. The molecule has 0 heterocycles. The second-order valence-electron chi connectivity index (χ2n) is 5.68. The fourth-order valence-corrected chi connectivity index (χ4v) is 3.58. The number of hydrogen-bond donors (Lipinski definition) is 1. The predicted octanol–water partition coefficient (Wildman–Crippen LogP) is 4.88. The van der Waals surface area contributed by atoms with Gasteiger partial charge in [-0.2, -0.15) is 0 Å². The standard InChI is InChI=1S/C17H19ClO/c1-10-7-14(8-11(2)17(10)19)12-3-5-15-13(9-12)4-6-16(15)18/h7-9,16,19H,3-6H2,1-2H3. The van der Waals surface area contributed by atoms with E-state index in [1.54, 1.807) is 0 Å². The van der Waals surface area contributed by atoms with E-state index in [1.165, 1.54) is 22.3 Å². The average Bonchev–Trinajstić information content (AvgIpc) is 2.76. The van der Waals surface area contributed by atoms with Gasteiger partial charge >= 0.3 is 0 Å². The Morgan fingerprint density at radius 1 is 1.11 bits per heavy atom. The van der Waals surface area contributed by atoms with Gasteiger partial charge in [-0.05, 0) is 85.1 Å². The quantitative estimate of drug-likeness (QED) is 0.724. The van der Waals surface area contributed by atoms with E-state index in [2.05, 4.69) is 18.2 Å². The van der Waals surface area contributed by atoms with Gasteiger partial charge < -0.3 is 5.11 Å². The zero-order chi connectivity index (χ0) is 13.6. The predicted molar refractivity (Wildman–Crippen MR) is 80.7 cm³/mol. The van der Waals surface area contributed by atoms with Gasteiger partial charge in [0.15, 0.2) is 0 Å². The molecule has 0 amide bonds. The van der Waals surface area contributed by atoms with Crippen molar-refractivity contribution in [3.63, 3.8) is 0 Å². The Morgan fingerprint density at radius 3 is 2.47 bits per heavy atom. The number of benzene rings is 1. The first kappa shape index (κ1) is 12.8.